The van der Waals surface area contributed by atoms with Gasteiger partial charge >= 0.3 is 237 Å². The number of halogens is 2. The van der Waals surface area contributed by atoms with Gasteiger partial charge in [0.2, 0.25) is 0 Å². The molecule has 1 aliphatic rings. The summed E-state index contributed by atoms with van der Waals surface area (Å²) < 4.78 is 7.38. The molecule has 3 aromatic carbocycles. The van der Waals surface area contributed by atoms with E-state index in [2.05, 4.69) is 102 Å². The van der Waals surface area contributed by atoms with Crippen molar-refractivity contribution in [2.75, 3.05) is 22.9 Å². The second-order valence-corrected chi connectivity index (χ2v) is 16.2. The summed E-state index contributed by atoms with van der Waals surface area (Å²) >= 11 is -2.40. The van der Waals surface area contributed by atoms with Crippen molar-refractivity contribution in [3.05, 3.63) is 87.5 Å². The topological polar surface area (TPSA) is 15.7 Å². The molecule has 3 aromatic rings. The molecule has 0 atom stereocenters. The zero-order valence-corrected chi connectivity index (χ0v) is 26.3. The third-order valence-electron chi connectivity index (χ3n) is 6.88. The Labute approximate surface area is 235 Å². The summed E-state index contributed by atoms with van der Waals surface area (Å²) in [6.07, 6.45) is -0.0569. The maximum absolute atomic E-state index is 7.04. The molecule has 0 unspecified atom stereocenters. The average molecular weight is 627 g/mol. The van der Waals surface area contributed by atoms with Crippen LogP contribution in [0.1, 0.15) is 52.8 Å². The first-order valence-electron chi connectivity index (χ1n) is 12.8. The summed E-state index contributed by atoms with van der Waals surface area (Å²) in [4.78, 5) is 5.05. The molecular weight excluding hydrogens is 588 g/mol. The molecule has 0 aromatic heterocycles. The summed E-state index contributed by atoms with van der Waals surface area (Å²) in [6, 6.07) is 17.3. The van der Waals surface area contributed by atoms with Crippen LogP contribution in [0.15, 0.2) is 48.5 Å². The Morgan fingerprint density at radius 1 is 0.784 bits per heavy atom. The van der Waals surface area contributed by atoms with Crippen molar-refractivity contribution in [2.24, 2.45) is 0 Å². The van der Waals surface area contributed by atoms with Crippen molar-refractivity contribution in [3.63, 3.8) is 0 Å². The van der Waals surface area contributed by atoms with Crippen LogP contribution in [0.2, 0.25) is 0 Å². The van der Waals surface area contributed by atoms with Crippen LogP contribution in [0.25, 0.3) is 0 Å². The number of rotatable bonds is 6. The molecule has 1 aliphatic heterocycles. The fraction of sp³-hybridized carbons (Fsp3) is 0.387. The number of para-hydroxylation sites is 1. The molecule has 0 aliphatic carbocycles. The zero-order chi connectivity index (χ0) is 27.0. The van der Waals surface area contributed by atoms with Gasteiger partial charge in [-0.05, 0) is 0 Å². The molecule has 1 heterocycles. The maximum atomic E-state index is 7.04. The van der Waals surface area contributed by atoms with Crippen LogP contribution in [0.3, 0.4) is 0 Å². The number of hydrogen-bond donors (Lipinski definition) is 0. The summed E-state index contributed by atoms with van der Waals surface area (Å²) in [5.74, 6) is 0.842. The van der Waals surface area contributed by atoms with Gasteiger partial charge in [0.05, 0.1) is 0 Å². The molecule has 37 heavy (non-hydrogen) atoms. The van der Waals surface area contributed by atoms with Gasteiger partial charge in [-0.1, -0.05) is 0 Å². The van der Waals surface area contributed by atoms with E-state index in [0.29, 0.717) is 0 Å². The molecule has 0 amide bonds. The molecule has 0 radical (unpaired) electrons. The van der Waals surface area contributed by atoms with Crippen LogP contribution < -0.4 is 14.5 Å². The Morgan fingerprint density at radius 2 is 1.22 bits per heavy atom. The van der Waals surface area contributed by atoms with Gasteiger partial charge in [0.25, 0.3) is 0 Å². The van der Waals surface area contributed by atoms with E-state index in [-0.39, 0.29) is 12.3 Å². The molecular formula is C31H38Cl2N2ORu. The Kier molecular flexibility index (Phi) is 8.73. The van der Waals surface area contributed by atoms with E-state index in [1.54, 1.807) is 0 Å². The van der Waals surface area contributed by atoms with E-state index in [1.165, 1.54) is 44.8 Å². The Hall–Kier alpha value is -1.87. The second kappa shape index (κ2) is 11.5. The number of nitrogens with zero attached hydrogens (tertiary/aromatic N) is 2. The van der Waals surface area contributed by atoms with Crippen LogP contribution in [0.5, 0.6) is 5.75 Å². The third kappa shape index (κ3) is 5.77. The van der Waals surface area contributed by atoms with E-state index in [1.807, 2.05) is 12.1 Å². The summed E-state index contributed by atoms with van der Waals surface area (Å²) in [7, 11) is 14.1. The van der Waals surface area contributed by atoms with Gasteiger partial charge in [-0.2, -0.15) is 0 Å². The molecule has 0 N–H and O–H groups in total. The van der Waals surface area contributed by atoms with E-state index in [9.17, 15) is 0 Å². The monoisotopic (exact) mass is 626 g/mol. The van der Waals surface area contributed by atoms with Crippen LogP contribution in [0.4, 0.5) is 11.4 Å². The third-order valence-corrected chi connectivity index (χ3v) is 10.2. The molecule has 4 rings (SSSR count). The first-order valence-corrected chi connectivity index (χ1v) is 18.2. The number of benzene rings is 3. The molecule has 6 heteroatoms. The molecule has 200 valence electrons. The summed E-state index contributed by atoms with van der Waals surface area (Å²) in [5.41, 5.74) is 11.2. The molecule has 3 nitrogen and oxygen atoms in total. The van der Waals surface area contributed by atoms with Gasteiger partial charge in [0.1, 0.15) is 0 Å². The van der Waals surface area contributed by atoms with Crippen LogP contribution in [-0.2, 0) is 13.5 Å². The van der Waals surface area contributed by atoms with Gasteiger partial charge < -0.3 is 0 Å². The SMILES string of the molecule is Cc1cc(C)c(N2CCN(c3c(C)cc(C)cc3C)C2[C](c2ccccc2OC(C)C)=[Ru]([Cl])[Cl])c(C)c1. The quantitative estimate of drug-likeness (QED) is 0.257. The van der Waals surface area contributed by atoms with Crippen molar-refractivity contribution in [2.45, 2.75) is 67.7 Å². The fourth-order valence-electron chi connectivity index (χ4n) is 5.91. The normalized spacial score (nSPS) is 14.5. The first-order chi connectivity index (χ1) is 17.5. The first kappa shape index (κ1) is 28.1. The number of hydrogen-bond acceptors (Lipinski definition) is 3. The van der Waals surface area contributed by atoms with E-state index in [4.69, 9.17) is 24.1 Å². The zero-order valence-electron chi connectivity index (χ0n) is 23.1. The Morgan fingerprint density at radius 3 is 1.62 bits per heavy atom. The second-order valence-electron chi connectivity index (χ2n) is 10.4. The predicted molar refractivity (Wildman–Crippen MR) is 158 cm³/mol. The Balaban J connectivity index is 1.99. The van der Waals surface area contributed by atoms with Gasteiger partial charge in [0, 0.05) is 0 Å². The van der Waals surface area contributed by atoms with Gasteiger partial charge in [-0.3, -0.25) is 0 Å². The van der Waals surface area contributed by atoms with Crippen molar-refractivity contribution in [1.82, 2.24) is 0 Å². The van der Waals surface area contributed by atoms with Crippen molar-refractivity contribution < 1.29 is 18.3 Å². The summed E-state index contributed by atoms with van der Waals surface area (Å²) in [5, 5.41) is 0. The van der Waals surface area contributed by atoms with E-state index in [0.717, 1.165) is 28.5 Å². The van der Waals surface area contributed by atoms with Crippen molar-refractivity contribution in [1.29, 1.82) is 0 Å². The van der Waals surface area contributed by atoms with Crippen molar-refractivity contribution in [3.8, 4) is 5.75 Å². The summed E-state index contributed by atoms with van der Waals surface area (Å²) in [6.45, 7) is 19.0. The minimum absolute atomic E-state index is 0.0488. The van der Waals surface area contributed by atoms with Gasteiger partial charge in [-0.25, -0.2) is 0 Å². The van der Waals surface area contributed by atoms with Crippen molar-refractivity contribution >= 4 is 34.9 Å². The van der Waals surface area contributed by atoms with Gasteiger partial charge in [0.15, 0.2) is 0 Å². The number of anilines is 2. The molecule has 0 saturated carbocycles. The van der Waals surface area contributed by atoms with E-state index >= 15 is 0 Å². The van der Waals surface area contributed by atoms with Crippen LogP contribution in [0, 0.1) is 41.5 Å². The fourth-order valence-corrected chi connectivity index (χ4v) is 9.17. The number of ether oxygens (including phenoxy) is 1. The Bertz CT molecular complexity index is 1240. The molecule has 1 saturated heterocycles. The average Bonchev–Trinajstić information content (AvgIpc) is 3.16. The molecule has 0 bridgehead atoms. The van der Waals surface area contributed by atoms with Crippen LogP contribution in [-0.4, -0.2) is 29.5 Å². The van der Waals surface area contributed by atoms with Crippen LogP contribution >= 0.6 is 19.4 Å². The molecule has 1 fully saturated rings. The predicted octanol–water partition coefficient (Wildman–Crippen LogP) is 8.12. The van der Waals surface area contributed by atoms with E-state index < -0.39 is 13.5 Å². The molecule has 0 spiro atoms. The minimum atomic E-state index is -2.40. The standard InChI is InChI=1S/C31H38N2O.2ClH.Ru/c1-20(2)34-28-12-10-9-11-27(28)19-29-32(30-23(5)15-21(3)16-24(30)6)13-14-33(29)31-25(7)17-22(4)18-26(31)8;;;/h9-12,15-18,20,29H,13-14H2,1-8H3;2*1H;/q;;;+2/p-2. The number of aryl methyl sites for hydroxylation is 6. The van der Waals surface area contributed by atoms with Gasteiger partial charge in [-0.15, -0.1) is 0 Å².